The molecule has 2 fully saturated rings. The minimum atomic E-state index is -1.07. The van der Waals surface area contributed by atoms with E-state index in [-0.39, 0.29) is 30.7 Å². The number of carboxylic acid groups (broad SMARTS) is 1. The van der Waals surface area contributed by atoms with Crippen molar-refractivity contribution in [1.29, 1.82) is 0 Å². The van der Waals surface area contributed by atoms with Gasteiger partial charge in [-0.3, -0.25) is 4.79 Å². The van der Waals surface area contributed by atoms with Crippen LogP contribution in [0.5, 0.6) is 0 Å². The lowest BCUT2D eigenvalue weighted by atomic mass is 10.00. The molecule has 2 aliphatic rings. The number of fused-ring (bicyclic) bond motifs is 2. The maximum Gasteiger partial charge on any atom is 0.329 e. The highest BCUT2D eigenvalue weighted by Crippen LogP contribution is 2.35. The molecule has 2 N–H and O–H groups in total. The third-order valence-electron chi connectivity index (χ3n) is 3.45. The van der Waals surface area contributed by atoms with Crippen LogP contribution < -0.4 is 0 Å². The lowest BCUT2D eigenvalue weighted by Gasteiger charge is -2.37. The number of hydrogen-bond acceptors (Lipinski definition) is 4. The Bertz CT molecular complexity index is 305. The standard InChI is InChI=1S/C11H17NO5/c13-9-3-7-1-2-8(4-9)12(7)10(14)5-17-6-11(15)16/h7-9,13H,1-6H2,(H,15,16). The quantitative estimate of drug-likeness (QED) is 0.701. The van der Waals surface area contributed by atoms with Crippen LogP contribution in [0.2, 0.25) is 0 Å². The average Bonchev–Trinajstić information content (AvgIpc) is 2.50. The van der Waals surface area contributed by atoms with E-state index in [9.17, 15) is 14.7 Å². The van der Waals surface area contributed by atoms with Crippen molar-refractivity contribution in [3.8, 4) is 0 Å². The van der Waals surface area contributed by atoms with Crippen molar-refractivity contribution in [2.75, 3.05) is 13.2 Å². The molecule has 0 aromatic rings. The highest BCUT2D eigenvalue weighted by molar-refractivity contribution is 5.79. The molecule has 17 heavy (non-hydrogen) atoms. The second-order valence-electron chi connectivity index (χ2n) is 4.70. The Labute approximate surface area is 99.2 Å². The second kappa shape index (κ2) is 5.01. The number of carbonyl (C=O) groups excluding carboxylic acids is 1. The van der Waals surface area contributed by atoms with E-state index >= 15 is 0 Å². The number of ether oxygens (including phenoxy) is 1. The molecule has 0 aromatic heterocycles. The number of carboxylic acids is 1. The van der Waals surface area contributed by atoms with Gasteiger partial charge in [0.1, 0.15) is 13.2 Å². The molecule has 2 atom stereocenters. The largest absolute Gasteiger partial charge is 0.480 e. The lowest BCUT2D eigenvalue weighted by molar-refractivity contribution is -0.148. The van der Waals surface area contributed by atoms with Gasteiger partial charge in [-0.05, 0) is 25.7 Å². The Morgan fingerprint density at radius 2 is 1.76 bits per heavy atom. The van der Waals surface area contributed by atoms with Gasteiger partial charge in [-0.25, -0.2) is 4.79 Å². The van der Waals surface area contributed by atoms with Gasteiger partial charge in [0.25, 0.3) is 0 Å². The predicted molar refractivity (Wildman–Crippen MR) is 57.4 cm³/mol. The first kappa shape index (κ1) is 12.3. The zero-order valence-electron chi connectivity index (χ0n) is 9.54. The molecule has 0 aromatic carbocycles. The molecule has 6 nitrogen and oxygen atoms in total. The number of hydrogen-bond donors (Lipinski definition) is 2. The molecule has 2 heterocycles. The maximum absolute atomic E-state index is 11.9. The maximum atomic E-state index is 11.9. The molecular weight excluding hydrogens is 226 g/mol. The molecule has 96 valence electrons. The Hall–Kier alpha value is -1.14. The van der Waals surface area contributed by atoms with Crippen LogP contribution in [0.3, 0.4) is 0 Å². The molecule has 0 radical (unpaired) electrons. The SMILES string of the molecule is O=C(O)COCC(=O)N1C2CCC1CC(O)C2. The van der Waals surface area contributed by atoms with E-state index in [0.717, 1.165) is 12.8 Å². The van der Waals surface area contributed by atoms with Crippen LogP contribution in [0.25, 0.3) is 0 Å². The number of aliphatic carboxylic acids is 1. The van der Waals surface area contributed by atoms with Crippen molar-refractivity contribution >= 4 is 11.9 Å². The van der Waals surface area contributed by atoms with Gasteiger partial charge >= 0.3 is 5.97 Å². The zero-order chi connectivity index (χ0) is 12.4. The van der Waals surface area contributed by atoms with Crippen molar-refractivity contribution in [3.63, 3.8) is 0 Å². The van der Waals surface area contributed by atoms with Gasteiger partial charge in [0, 0.05) is 12.1 Å². The van der Waals surface area contributed by atoms with Crippen LogP contribution in [-0.4, -0.2) is 58.4 Å². The van der Waals surface area contributed by atoms with Crippen molar-refractivity contribution < 1.29 is 24.5 Å². The van der Waals surface area contributed by atoms with E-state index in [1.165, 1.54) is 0 Å². The monoisotopic (exact) mass is 243 g/mol. The number of aliphatic hydroxyl groups is 1. The Balaban J connectivity index is 1.86. The summed E-state index contributed by atoms with van der Waals surface area (Å²) in [5.74, 6) is -1.24. The number of aliphatic hydroxyl groups excluding tert-OH is 1. The van der Waals surface area contributed by atoms with E-state index in [2.05, 4.69) is 0 Å². The van der Waals surface area contributed by atoms with Crippen molar-refractivity contribution in [3.05, 3.63) is 0 Å². The van der Waals surface area contributed by atoms with Gasteiger partial charge in [0.05, 0.1) is 6.10 Å². The Kier molecular flexibility index (Phi) is 3.63. The van der Waals surface area contributed by atoms with Crippen molar-refractivity contribution in [2.45, 2.75) is 43.9 Å². The fraction of sp³-hybridized carbons (Fsp3) is 0.818. The van der Waals surface area contributed by atoms with Gasteiger partial charge in [-0.1, -0.05) is 0 Å². The van der Waals surface area contributed by atoms with Gasteiger partial charge in [-0.15, -0.1) is 0 Å². The first-order valence-electron chi connectivity index (χ1n) is 5.86. The van der Waals surface area contributed by atoms with Crippen molar-refractivity contribution in [2.24, 2.45) is 0 Å². The third-order valence-corrected chi connectivity index (χ3v) is 3.45. The molecule has 0 saturated carbocycles. The van der Waals surface area contributed by atoms with Gasteiger partial charge in [0.2, 0.25) is 5.91 Å². The van der Waals surface area contributed by atoms with E-state index in [4.69, 9.17) is 9.84 Å². The molecular formula is C11H17NO5. The number of carbonyl (C=O) groups is 2. The molecule has 1 amide bonds. The van der Waals surface area contributed by atoms with E-state index in [1.807, 2.05) is 0 Å². The van der Waals surface area contributed by atoms with Crippen LogP contribution in [0, 0.1) is 0 Å². The Morgan fingerprint density at radius 1 is 1.18 bits per heavy atom. The number of piperidine rings is 1. The van der Waals surface area contributed by atoms with Crippen LogP contribution in [-0.2, 0) is 14.3 Å². The molecule has 2 rings (SSSR count). The minimum absolute atomic E-state index is 0.102. The van der Waals surface area contributed by atoms with E-state index in [0.29, 0.717) is 12.8 Å². The second-order valence-corrected chi connectivity index (χ2v) is 4.70. The van der Waals surface area contributed by atoms with Gasteiger partial charge in [0.15, 0.2) is 0 Å². The summed E-state index contributed by atoms with van der Waals surface area (Å²) in [6.07, 6.45) is 2.79. The highest BCUT2D eigenvalue weighted by atomic mass is 16.5. The van der Waals surface area contributed by atoms with Gasteiger partial charge in [-0.2, -0.15) is 0 Å². The summed E-state index contributed by atoms with van der Waals surface area (Å²) < 4.78 is 4.81. The van der Waals surface area contributed by atoms with E-state index in [1.54, 1.807) is 4.90 Å². The molecule has 2 aliphatic heterocycles. The summed E-state index contributed by atoms with van der Waals surface area (Å²) in [7, 11) is 0. The summed E-state index contributed by atoms with van der Waals surface area (Å²) >= 11 is 0. The summed E-state index contributed by atoms with van der Waals surface area (Å²) in [5.41, 5.74) is 0. The highest BCUT2D eigenvalue weighted by Gasteiger charge is 2.42. The fourth-order valence-electron chi connectivity index (χ4n) is 2.86. The predicted octanol–water partition coefficient (Wildman–Crippen LogP) is -0.398. The summed E-state index contributed by atoms with van der Waals surface area (Å²) in [5, 5.41) is 18.0. The number of rotatable bonds is 4. The topological polar surface area (TPSA) is 87.1 Å². The molecule has 2 saturated heterocycles. The van der Waals surface area contributed by atoms with Crippen LogP contribution >= 0.6 is 0 Å². The molecule has 0 spiro atoms. The smallest absolute Gasteiger partial charge is 0.329 e. The summed E-state index contributed by atoms with van der Waals surface area (Å²) in [4.78, 5) is 23.9. The third kappa shape index (κ3) is 2.76. The zero-order valence-corrected chi connectivity index (χ0v) is 9.54. The Morgan fingerprint density at radius 3 is 2.29 bits per heavy atom. The van der Waals surface area contributed by atoms with Crippen LogP contribution in [0.1, 0.15) is 25.7 Å². The van der Waals surface area contributed by atoms with E-state index < -0.39 is 12.6 Å². The number of nitrogens with zero attached hydrogens (tertiary/aromatic N) is 1. The fourth-order valence-corrected chi connectivity index (χ4v) is 2.86. The normalized spacial score (nSPS) is 31.6. The van der Waals surface area contributed by atoms with Crippen molar-refractivity contribution in [1.82, 2.24) is 4.90 Å². The van der Waals surface area contributed by atoms with Crippen LogP contribution in [0.4, 0.5) is 0 Å². The molecule has 2 bridgehead atoms. The molecule has 6 heteroatoms. The molecule has 0 aliphatic carbocycles. The van der Waals surface area contributed by atoms with Gasteiger partial charge < -0.3 is 19.8 Å². The summed E-state index contributed by atoms with van der Waals surface area (Å²) in [6, 6.07) is 0.203. The first-order valence-corrected chi connectivity index (χ1v) is 5.86. The minimum Gasteiger partial charge on any atom is -0.480 e. The average molecular weight is 243 g/mol. The number of amides is 1. The lowest BCUT2D eigenvalue weighted by Crippen LogP contribution is -2.49. The first-order chi connectivity index (χ1) is 8.08. The summed E-state index contributed by atoms with van der Waals surface area (Å²) in [6.45, 7) is -0.632. The molecule has 2 unspecified atom stereocenters. The van der Waals surface area contributed by atoms with Crippen LogP contribution in [0.15, 0.2) is 0 Å².